The quantitative estimate of drug-likeness (QED) is 0.885. The topological polar surface area (TPSA) is 75.3 Å². The maximum absolute atomic E-state index is 12.4. The van der Waals surface area contributed by atoms with Crippen LogP contribution in [-0.4, -0.2) is 14.3 Å². The van der Waals surface area contributed by atoms with Gasteiger partial charge in [-0.25, -0.2) is 8.42 Å². The average molecular weight is 350 g/mol. The zero-order valence-corrected chi connectivity index (χ0v) is 14.7. The van der Waals surface area contributed by atoms with E-state index in [9.17, 15) is 13.2 Å². The molecule has 1 unspecified atom stereocenters. The molecule has 1 aliphatic rings. The van der Waals surface area contributed by atoms with Crippen molar-refractivity contribution in [2.24, 2.45) is 5.92 Å². The number of hydrogen-bond donors (Lipinski definition) is 2. The van der Waals surface area contributed by atoms with Crippen molar-refractivity contribution in [3.8, 4) is 0 Å². The smallest absolute Gasteiger partial charge is 0.271 e. The van der Waals surface area contributed by atoms with Crippen LogP contribution in [0.1, 0.15) is 30.2 Å². The fourth-order valence-corrected chi connectivity index (χ4v) is 5.11. The summed E-state index contributed by atoms with van der Waals surface area (Å²) in [6, 6.07) is 8.53. The third kappa shape index (κ3) is 2.98. The summed E-state index contributed by atoms with van der Waals surface area (Å²) in [7, 11) is -3.60. The SMILES string of the molecule is Cc1ccc(S(=O)(=O)Nc2ccc3c(c2)C(C(C)C)C(=O)N3)s1. The summed E-state index contributed by atoms with van der Waals surface area (Å²) in [6.45, 7) is 5.82. The molecule has 1 aliphatic heterocycles. The van der Waals surface area contributed by atoms with Gasteiger partial charge >= 0.3 is 0 Å². The van der Waals surface area contributed by atoms with E-state index < -0.39 is 10.0 Å². The lowest BCUT2D eigenvalue weighted by Crippen LogP contribution is -2.17. The molecule has 2 aromatic rings. The highest BCUT2D eigenvalue weighted by atomic mass is 32.2. The van der Waals surface area contributed by atoms with Gasteiger partial charge in [0, 0.05) is 16.3 Å². The summed E-state index contributed by atoms with van der Waals surface area (Å²) in [5.41, 5.74) is 2.06. The number of anilines is 2. The zero-order valence-electron chi connectivity index (χ0n) is 13.1. The highest BCUT2D eigenvalue weighted by molar-refractivity contribution is 7.94. The first-order valence-corrected chi connectivity index (χ1v) is 9.62. The normalized spacial score (nSPS) is 17.2. The van der Waals surface area contributed by atoms with Gasteiger partial charge in [0.15, 0.2) is 0 Å². The number of rotatable bonds is 4. The van der Waals surface area contributed by atoms with Gasteiger partial charge in [0.05, 0.1) is 5.92 Å². The number of aryl methyl sites for hydroxylation is 1. The van der Waals surface area contributed by atoms with Gasteiger partial charge in [0.1, 0.15) is 4.21 Å². The van der Waals surface area contributed by atoms with Crippen molar-refractivity contribution in [2.75, 3.05) is 10.0 Å². The van der Waals surface area contributed by atoms with Crippen LogP contribution in [0.15, 0.2) is 34.5 Å². The molecular formula is C16H18N2O3S2. The minimum atomic E-state index is -3.60. The molecule has 1 atom stereocenters. The molecule has 0 saturated carbocycles. The van der Waals surface area contributed by atoms with Crippen molar-refractivity contribution in [3.63, 3.8) is 0 Å². The van der Waals surface area contributed by atoms with Crippen LogP contribution in [0.4, 0.5) is 11.4 Å². The minimum Gasteiger partial charge on any atom is -0.325 e. The molecule has 0 aliphatic carbocycles. The molecule has 0 spiro atoms. The van der Waals surface area contributed by atoms with Crippen molar-refractivity contribution in [1.82, 2.24) is 0 Å². The number of fused-ring (bicyclic) bond motifs is 1. The Bertz CT molecular complexity index is 869. The molecule has 5 nitrogen and oxygen atoms in total. The molecule has 7 heteroatoms. The van der Waals surface area contributed by atoms with Crippen molar-refractivity contribution in [1.29, 1.82) is 0 Å². The van der Waals surface area contributed by atoms with Crippen LogP contribution < -0.4 is 10.0 Å². The number of hydrogen-bond acceptors (Lipinski definition) is 4. The Hall–Kier alpha value is -1.86. The van der Waals surface area contributed by atoms with E-state index in [1.165, 1.54) is 11.3 Å². The molecule has 3 rings (SSSR count). The lowest BCUT2D eigenvalue weighted by atomic mass is 9.89. The Labute approximate surface area is 139 Å². The number of benzene rings is 1. The number of sulfonamides is 1. The predicted octanol–water partition coefficient (Wildman–Crippen LogP) is 3.55. The van der Waals surface area contributed by atoms with Crippen LogP contribution >= 0.6 is 11.3 Å². The maximum atomic E-state index is 12.4. The summed E-state index contributed by atoms with van der Waals surface area (Å²) in [4.78, 5) is 13.0. The maximum Gasteiger partial charge on any atom is 0.271 e. The summed E-state index contributed by atoms with van der Waals surface area (Å²) < 4.78 is 27.7. The molecule has 1 amide bonds. The minimum absolute atomic E-state index is 0.0381. The summed E-state index contributed by atoms with van der Waals surface area (Å²) >= 11 is 1.23. The Kier molecular flexibility index (Phi) is 3.93. The highest BCUT2D eigenvalue weighted by Crippen LogP contribution is 2.39. The Morgan fingerprint density at radius 3 is 2.57 bits per heavy atom. The van der Waals surface area contributed by atoms with E-state index in [0.29, 0.717) is 5.69 Å². The van der Waals surface area contributed by atoms with E-state index in [4.69, 9.17) is 0 Å². The van der Waals surface area contributed by atoms with Gasteiger partial charge in [-0.1, -0.05) is 13.8 Å². The summed E-state index contributed by atoms with van der Waals surface area (Å²) in [5, 5.41) is 2.84. The molecule has 1 aromatic heterocycles. The first-order valence-electron chi connectivity index (χ1n) is 7.32. The molecule has 2 N–H and O–H groups in total. The summed E-state index contributed by atoms with van der Waals surface area (Å²) in [5.74, 6) is -0.148. The molecule has 0 fully saturated rings. The average Bonchev–Trinajstić information content (AvgIpc) is 3.01. The number of amides is 1. The van der Waals surface area contributed by atoms with E-state index >= 15 is 0 Å². The zero-order chi connectivity index (χ0) is 16.8. The molecule has 0 radical (unpaired) electrons. The van der Waals surface area contributed by atoms with Crippen LogP contribution in [0.2, 0.25) is 0 Å². The highest BCUT2D eigenvalue weighted by Gasteiger charge is 2.33. The van der Waals surface area contributed by atoms with E-state index in [2.05, 4.69) is 10.0 Å². The van der Waals surface area contributed by atoms with Crippen LogP contribution in [-0.2, 0) is 14.8 Å². The Morgan fingerprint density at radius 1 is 1.22 bits per heavy atom. The lowest BCUT2D eigenvalue weighted by Gasteiger charge is -2.14. The second-order valence-corrected chi connectivity index (χ2v) is 9.18. The van der Waals surface area contributed by atoms with Gasteiger partial charge in [-0.3, -0.25) is 9.52 Å². The van der Waals surface area contributed by atoms with E-state index in [1.807, 2.05) is 20.8 Å². The first kappa shape index (κ1) is 16.0. The third-order valence-corrected chi connectivity index (χ3v) is 6.70. The molecule has 23 heavy (non-hydrogen) atoms. The third-order valence-electron chi connectivity index (χ3n) is 3.83. The van der Waals surface area contributed by atoms with Crippen molar-refractivity contribution in [2.45, 2.75) is 30.9 Å². The van der Waals surface area contributed by atoms with Crippen LogP contribution in [0.3, 0.4) is 0 Å². The van der Waals surface area contributed by atoms with E-state index in [0.717, 1.165) is 16.1 Å². The van der Waals surface area contributed by atoms with Crippen LogP contribution in [0.5, 0.6) is 0 Å². The van der Waals surface area contributed by atoms with Gasteiger partial charge in [0.25, 0.3) is 10.0 Å². The largest absolute Gasteiger partial charge is 0.325 e. The van der Waals surface area contributed by atoms with E-state index in [-0.39, 0.29) is 22.0 Å². The fourth-order valence-electron chi connectivity index (χ4n) is 2.77. The van der Waals surface area contributed by atoms with Crippen molar-refractivity contribution >= 4 is 38.6 Å². The van der Waals surface area contributed by atoms with Gasteiger partial charge in [-0.15, -0.1) is 11.3 Å². The number of thiophene rings is 1. The standard InChI is InChI=1S/C16H18N2O3S2/c1-9(2)15-12-8-11(5-6-13(12)17-16(15)19)18-23(20,21)14-7-4-10(3)22-14/h4-9,15,18H,1-3H3,(H,17,19). The molecule has 1 aromatic carbocycles. The Morgan fingerprint density at radius 2 is 1.96 bits per heavy atom. The van der Waals surface area contributed by atoms with Crippen molar-refractivity contribution in [3.05, 3.63) is 40.8 Å². The number of carbonyl (C=O) groups excluding carboxylic acids is 1. The fraction of sp³-hybridized carbons (Fsp3) is 0.312. The Balaban J connectivity index is 1.93. The second kappa shape index (κ2) is 5.65. The molecule has 0 bridgehead atoms. The molecular weight excluding hydrogens is 332 g/mol. The first-order chi connectivity index (χ1) is 10.8. The van der Waals surface area contributed by atoms with Gasteiger partial charge in [-0.2, -0.15) is 0 Å². The monoisotopic (exact) mass is 350 g/mol. The summed E-state index contributed by atoms with van der Waals surface area (Å²) in [6.07, 6.45) is 0. The van der Waals surface area contributed by atoms with Crippen LogP contribution in [0.25, 0.3) is 0 Å². The second-order valence-electron chi connectivity index (χ2n) is 5.98. The van der Waals surface area contributed by atoms with Gasteiger partial charge in [0.2, 0.25) is 5.91 Å². The van der Waals surface area contributed by atoms with Gasteiger partial charge in [-0.05, 0) is 48.7 Å². The van der Waals surface area contributed by atoms with E-state index in [1.54, 1.807) is 30.3 Å². The predicted molar refractivity (Wildman–Crippen MR) is 92.5 cm³/mol. The molecule has 122 valence electrons. The molecule has 0 saturated heterocycles. The number of nitrogens with one attached hydrogen (secondary N) is 2. The molecule has 2 heterocycles. The lowest BCUT2D eigenvalue weighted by molar-refractivity contribution is -0.117. The van der Waals surface area contributed by atoms with Gasteiger partial charge < -0.3 is 5.32 Å². The van der Waals surface area contributed by atoms with Crippen molar-refractivity contribution < 1.29 is 13.2 Å². The van der Waals surface area contributed by atoms with Crippen LogP contribution in [0, 0.1) is 12.8 Å². The number of carbonyl (C=O) groups is 1.